The third-order valence-corrected chi connectivity index (χ3v) is 2.54. The number of fused-ring (bicyclic) bond motifs is 1. The molecule has 1 aliphatic heterocycles. The van der Waals surface area contributed by atoms with Crippen LogP contribution in [-0.4, -0.2) is 39.5 Å². The molecule has 1 amide bonds. The Bertz CT molecular complexity index is 530. The molecule has 1 fully saturated rings. The zero-order valence-electron chi connectivity index (χ0n) is 8.51. The lowest BCUT2D eigenvalue weighted by Crippen LogP contribution is -2.26. The summed E-state index contributed by atoms with van der Waals surface area (Å²) in [5.41, 5.74) is 2.01. The van der Waals surface area contributed by atoms with Crippen molar-refractivity contribution in [3.05, 3.63) is 23.8 Å². The number of nitrogens with one attached hydrogen (secondary N) is 1. The third kappa shape index (κ3) is 1.43. The number of hydroxylamine groups is 2. The van der Waals surface area contributed by atoms with Gasteiger partial charge in [0.1, 0.15) is 11.0 Å². The second-order valence-electron chi connectivity index (χ2n) is 3.62. The number of amides is 1. The van der Waals surface area contributed by atoms with Crippen LogP contribution in [0.4, 0.5) is 0 Å². The second kappa shape index (κ2) is 3.57. The molecular weight excluding hydrogens is 208 g/mol. The molecule has 0 radical (unpaired) electrons. The molecule has 3 rings (SSSR count). The van der Waals surface area contributed by atoms with Gasteiger partial charge in [-0.3, -0.25) is 9.63 Å². The van der Waals surface area contributed by atoms with Crippen molar-refractivity contribution in [2.45, 2.75) is 6.42 Å². The van der Waals surface area contributed by atoms with Crippen molar-refractivity contribution < 1.29 is 9.63 Å². The van der Waals surface area contributed by atoms with E-state index >= 15 is 0 Å². The summed E-state index contributed by atoms with van der Waals surface area (Å²) in [6.07, 6.45) is 0.887. The van der Waals surface area contributed by atoms with E-state index in [9.17, 15) is 4.79 Å². The number of carbonyl (C=O) groups is 1. The van der Waals surface area contributed by atoms with Crippen molar-refractivity contribution in [2.75, 3.05) is 13.2 Å². The molecule has 0 spiro atoms. The first kappa shape index (κ1) is 9.29. The molecule has 16 heavy (non-hydrogen) atoms. The summed E-state index contributed by atoms with van der Waals surface area (Å²) in [7, 11) is 0. The molecule has 0 atom stereocenters. The van der Waals surface area contributed by atoms with E-state index in [1.165, 1.54) is 5.06 Å². The van der Waals surface area contributed by atoms with Gasteiger partial charge in [-0.2, -0.15) is 15.4 Å². The first-order chi connectivity index (χ1) is 7.84. The van der Waals surface area contributed by atoms with Gasteiger partial charge >= 0.3 is 0 Å². The summed E-state index contributed by atoms with van der Waals surface area (Å²) < 4.78 is 0. The van der Waals surface area contributed by atoms with Gasteiger partial charge in [0.15, 0.2) is 0 Å². The van der Waals surface area contributed by atoms with Crippen LogP contribution in [-0.2, 0) is 4.84 Å². The Labute approximate surface area is 91.1 Å². The number of hydrogen-bond acceptors (Lipinski definition) is 4. The fraction of sp³-hybridized carbons (Fsp3) is 0.300. The van der Waals surface area contributed by atoms with Crippen LogP contribution < -0.4 is 0 Å². The fourth-order valence-corrected chi connectivity index (χ4v) is 1.72. The summed E-state index contributed by atoms with van der Waals surface area (Å²) in [6.45, 7) is 1.26. The van der Waals surface area contributed by atoms with Crippen LogP contribution in [0.3, 0.4) is 0 Å². The molecular formula is C10H10N4O2. The van der Waals surface area contributed by atoms with Gasteiger partial charge in [-0.1, -0.05) is 0 Å². The SMILES string of the molecule is O=C(c1ccc2n[nH]nc2c1)N1CCCO1. The minimum Gasteiger partial charge on any atom is -0.271 e. The molecule has 6 nitrogen and oxygen atoms in total. The van der Waals surface area contributed by atoms with E-state index in [-0.39, 0.29) is 5.91 Å². The van der Waals surface area contributed by atoms with Crippen molar-refractivity contribution in [3.63, 3.8) is 0 Å². The monoisotopic (exact) mass is 218 g/mol. The molecule has 2 heterocycles. The van der Waals surface area contributed by atoms with Crippen molar-refractivity contribution >= 4 is 16.9 Å². The number of carbonyl (C=O) groups excluding carboxylic acids is 1. The zero-order chi connectivity index (χ0) is 11.0. The van der Waals surface area contributed by atoms with Crippen molar-refractivity contribution in [3.8, 4) is 0 Å². The van der Waals surface area contributed by atoms with Crippen LogP contribution in [0.1, 0.15) is 16.8 Å². The lowest BCUT2D eigenvalue weighted by atomic mass is 10.2. The van der Waals surface area contributed by atoms with E-state index in [0.717, 1.165) is 11.9 Å². The topological polar surface area (TPSA) is 71.1 Å². The normalized spacial score (nSPS) is 15.9. The van der Waals surface area contributed by atoms with Gasteiger partial charge in [-0.05, 0) is 24.6 Å². The molecule has 1 saturated heterocycles. The Morgan fingerprint density at radius 3 is 3.06 bits per heavy atom. The highest BCUT2D eigenvalue weighted by atomic mass is 16.7. The molecule has 0 unspecified atom stereocenters. The van der Waals surface area contributed by atoms with Crippen LogP contribution in [0, 0.1) is 0 Å². The van der Waals surface area contributed by atoms with Gasteiger partial charge in [0.2, 0.25) is 0 Å². The predicted octanol–water partition coefficient (Wildman–Crippen LogP) is 0.735. The molecule has 82 valence electrons. The van der Waals surface area contributed by atoms with Crippen LogP contribution in [0.15, 0.2) is 18.2 Å². The summed E-state index contributed by atoms with van der Waals surface area (Å²) in [5, 5.41) is 11.8. The van der Waals surface area contributed by atoms with Crippen LogP contribution in [0.25, 0.3) is 11.0 Å². The van der Waals surface area contributed by atoms with E-state index in [1.54, 1.807) is 18.2 Å². The summed E-state index contributed by atoms with van der Waals surface area (Å²) in [6, 6.07) is 5.21. The molecule has 1 aromatic carbocycles. The van der Waals surface area contributed by atoms with Gasteiger partial charge in [-0.15, -0.1) is 0 Å². The highest BCUT2D eigenvalue weighted by Crippen LogP contribution is 2.15. The predicted molar refractivity (Wildman–Crippen MR) is 55.5 cm³/mol. The maximum Gasteiger partial charge on any atom is 0.277 e. The average Bonchev–Trinajstić information content (AvgIpc) is 2.98. The van der Waals surface area contributed by atoms with Crippen LogP contribution in [0.2, 0.25) is 0 Å². The Kier molecular flexibility index (Phi) is 2.07. The number of aromatic amines is 1. The Morgan fingerprint density at radius 1 is 1.38 bits per heavy atom. The highest BCUT2D eigenvalue weighted by molar-refractivity contribution is 5.96. The molecule has 0 saturated carbocycles. The summed E-state index contributed by atoms with van der Waals surface area (Å²) in [5.74, 6) is -0.123. The average molecular weight is 218 g/mol. The molecule has 1 N–H and O–H groups in total. The number of benzene rings is 1. The lowest BCUT2D eigenvalue weighted by molar-refractivity contribution is -0.0768. The van der Waals surface area contributed by atoms with Crippen molar-refractivity contribution in [2.24, 2.45) is 0 Å². The van der Waals surface area contributed by atoms with Gasteiger partial charge in [-0.25, -0.2) is 5.06 Å². The molecule has 0 bridgehead atoms. The largest absolute Gasteiger partial charge is 0.277 e. The lowest BCUT2D eigenvalue weighted by Gasteiger charge is -2.13. The molecule has 6 heteroatoms. The first-order valence-electron chi connectivity index (χ1n) is 5.10. The quantitative estimate of drug-likeness (QED) is 0.766. The van der Waals surface area contributed by atoms with Gasteiger partial charge in [0.25, 0.3) is 5.91 Å². The number of hydrogen-bond donors (Lipinski definition) is 1. The minimum atomic E-state index is -0.123. The van der Waals surface area contributed by atoms with E-state index in [2.05, 4.69) is 15.4 Å². The van der Waals surface area contributed by atoms with E-state index in [0.29, 0.717) is 24.2 Å². The Balaban J connectivity index is 1.95. The Hall–Kier alpha value is -1.95. The second-order valence-corrected chi connectivity index (χ2v) is 3.62. The molecule has 0 aliphatic carbocycles. The maximum atomic E-state index is 12.0. The molecule has 2 aromatic rings. The highest BCUT2D eigenvalue weighted by Gasteiger charge is 2.21. The number of H-pyrrole nitrogens is 1. The number of rotatable bonds is 1. The van der Waals surface area contributed by atoms with E-state index in [4.69, 9.17) is 4.84 Å². The zero-order valence-corrected chi connectivity index (χ0v) is 8.51. The van der Waals surface area contributed by atoms with Crippen LogP contribution in [0.5, 0.6) is 0 Å². The maximum absolute atomic E-state index is 12.0. The van der Waals surface area contributed by atoms with Gasteiger partial charge in [0, 0.05) is 5.56 Å². The minimum absolute atomic E-state index is 0.123. The van der Waals surface area contributed by atoms with Gasteiger partial charge in [0.05, 0.1) is 13.2 Å². The Morgan fingerprint density at radius 2 is 2.25 bits per heavy atom. The number of aromatic nitrogens is 3. The fourth-order valence-electron chi connectivity index (χ4n) is 1.72. The summed E-state index contributed by atoms with van der Waals surface area (Å²) >= 11 is 0. The summed E-state index contributed by atoms with van der Waals surface area (Å²) in [4.78, 5) is 17.2. The third-order valence-electron chi connectivity index (χ3n) is 2.54. The molecule has 1 aliphatic rings. The van der Waals surface area contributed by atoms with E-state index in [1.807, 2.05) is 0 Å². The first-order valence-corrected chi connectivity index (χ1v) is 5.10. The van der Waals surface area contributed by atoms with Crippen LogP contribution >= 0.6 is 0 Å². The smallest absolute Gasteiger partial charge is 0.271 e. The standard InChI is InChI=1S/C10H10N4O2/c15-10(14-4-1-5-16-14)7-2-3-8-9(6-7)12-13-11-8/h2-3,6H,1,4-5H2,(H,11,12,13). The number of nitrogens with zero attached hydrogens (tertiary/aromatic N) is 3. The van der Waals surface area contributed by atoms with Crippen molar-refractivity contribution in [1.82, 2.24) is 20.5 Å². The van der Waals surface area contributed by atoms with E-state index < -0.39 is 0 Å². The molecule has 1 aromatic heterocycles. The van der Waals surface area contributed by atoms with Gasteiger partial charge < -0.3 is 0 Å². The van der Waals surface area contributed by atoms with Crippen molar-refractivity contribution in [1.29, 1.82) is 0 Å².